The molecule has 0 fully saturated rings. The third-order valence-corrected chi connectivity index (χ3v) is 1.19. The molecule has 0 aliphatic rings. The maximum Gasteiger partial charge on any atom is 0.0478 e. The van der Waals surface area contributed by atoms with Crippen molar-refractivity contribution in [3.8, 4) is 0 Å². The van der Waals surface area contributed by atoms with Gasteiger partial charge in [0.25, 0.3) is 0 Å². The van der Waals surface area contributed by atoms with Gasteiger partial charge < -0.3 is 25.5 Å². The van der Waals surface area contributed by atoms with Gasteiger partial charge in [-0.2, -0.15) is 0 Å². The summed E-state index contributed by atoms with van der Waals surface area (Å²) in [5.74, 6) is 0.0463. The van der Waals surface area contributed by atoms with Crippen molar-refractivity contribution in [2.45, 2.75) is 26.7 Å². The van der Waals surface area contributed by atoms with Crippen LogP contribution in [0.2, 0.25) is 0 Å². The van der Waals surface area contributed by atoms with Crippen molar-refractivity contribution in [2.24, 2.45) is 5.92 Å². The quantitative estimate of drug-likeness (QED) is 0.401. The molecule has 0 aromatic carbocycles. The molecule has 0 saturated carbocycles. The van der Waals surface area contributed by atoms with E-state index in [2.05, 4.69) is 0 Å². The molecule has 0 heterocycles. The van der Waals surface area contributed by atoms with Gasteiger partial charge in [0, 0.05) is 39.0 Å². The largest absolute Gasteiger partial charge is 0.397 e. The van der Waals surface area contributed by atoms with Crippen molar-refractivity contribution in [2.75, 3.05) is 33.0 Å². The van der Waals surface area contributed by atoms with Crippen LogP contribution in [0.5, 0.6) is 0 Å². The number of rotatable bonds is 5. The highest BCUT2D eigenvalue weighted by Gasteiger charge is 1.91. The summed E-state index contributed by atoms with van der Waals surface area (Å²) in [6, 6.07) is 0. The molecule has 0 bridgehead atoms. The Morgan fingerprint density at radius 3 is 1.13 bits per heavy atom. The van der Waals surface area contributed by atoms with Crippen molar-refractivity contribution in [1.82, 2.24) is 0 Å². The Morgan fingerprint density at radius 2 is 1.07 bits per heavy atom. The molecular weight excluding hydrogens is 200 g/mol. The average Bonchev–Trinajstić information content (AvgIpc) is 2.27. The monoisotopic (exact) mass is 226 g/mol. The van der Waals surface area contributed by atoms with Crippen LogP contribution in [-0.4, -0.2) is 58.6 Å². The van der Waals surface area contributed by atoms with E-state index in [-0.39, 0.29) is 39.0 Å². The maximum absolute atomic E-state index is 8.17. The van der Waals surface area contributed by atoms with Crippen LogP contribution < -0.4 is 0 Å². The molecule has 0 aliphatic carbocycles. The third-order valence-electron chi connectivity index (χ3n) is 1.19. The summed E-state index contributed by atoms with van der Waals surface area (Å²) in [5.41, 5.74) is 0. The first-order valence-electron chi connectivity index (χ1n) is 5.18. The maximum atomic E-state index is 8.17. The van der Waals surface area contributed by atoms with Gasteiger partial charge in [-0.3, -0.25) is 0 Å². The van der Waals surface area contributed by atoms with E-state index >= 15 is 0 Å². The lowest BCUT2D eigenvalue weighted by atomic mass is 10.2. The highest BCUT2D eigenvalue weighted by Crippen LogP contribution is 1.85. The molecule has 0 saturated heterocycles. The fraction of sp³-hybridized carbons (Fsp3) is 1.00. The van der Waals surface area contributed by atoms with Crippen LogP contribution in [0.25, 0.3) is 0 Å². The molecule has 0 aromatic heterocycles. The standard InChI is InChI=1S/2C4H10O2.C2H6O/c1-4(2-5)3-6;5-3-1-2-4-6;1-2-3/h4-6H,2-3H2,1H3;5-6H,1-4H2;3H,2H2,1H3. The highest BCUT2D eigenvalue weighted by molar-refractivity contribution is 4.41. The Hall–Kier alpha value is -0.200. The van der Waals surface area contributed by atoms with Crippen molar-refractivity contribution in [3.63, 3.8) is 0 Å². The van der Waals surface area contributed by atoms with Crippen molar-refractivity contribution in [1.29, 1.82) is 0 Å². The first-order valence-corrected chi connectivity index (χ1v) is 5.18. The van der Waals surface area contributed by atoms with Crippen LogP contribution in [0.4, 0.5) is 0 Å². The Morgan fingerprint density at radius 1 is 0.800 bits per heavy atom. The van der Waals surface area contributed by atoms with Gasteiger partial charge >= 0.3 is 0 Å². The molecule has 0 radical (unpaired) electrons. The van der Waals surface area contributed by atoms with E-state index in [1.165, 1.54) is 0 Å². The topological polar surface area (TPSA) is 101 Å². The molecule has 96 valence electrons. The highest BCUT2D eigenvalue weighted by atomic mass is 16.3. The van der Waals surface area contributed by atoms with Crippen molar-refractivity contribution < 1.29 is 25.5 Å². The molecule has 0 aliphatic heterocycles. The summed E-state index contributed by atoms with van der Waals surface area (Å²) < 4.78 is 0. The molecule has 0 unspecified atom stereocenters. The first kappa shape index (κ1) is 20.2. The lowest BCUT2D eigenvalue weighted by Crippen LogP contribution is -2.04. The summed E-state index contributed by atoms with van der Waals surface area (Å²) >= 11 is 0. The second-order valence-electron chi connectivity index (χ2n) is 2.94. The van der Waals surface area contributed by atoms with Crippen LogP contribution >= 0.6 is 0 Å². The Bertz CT molecular complexity index is 72.2. The fourth-order valence-corrected chi connectivity index (χ4v) is 0.281. The number of aliphatic hydroxyl groups is 5. The van der Waals surface area contributed by atoms with Gasteiger partial charge in [-0.1, -0.05) is 6.92 Å². The molecule has 0 aromatic rings. The zero-order chi connectivity index (χ0) is 12.5. The van der Waals surface area contributed by atoms with Crippen LogP contribution in [0.1, 0.15) is 26.7 Å². The number of hydrogen-bond acceptors (Lipinski definition) is 5. The summed E-state index contributed by atoms with van der Waals surface area (Å²) in [6.45, 7) is 4.26. The lowest BCUT2D eigenvalue weighted by molar-refractivity contribution is 0.162. The molecule has 5 nitrogen and oxygen atoms in total. The second-order valence-corrected chi connectivity index (χ2v) is 2.94. The zero-order valence-corrected chi connectivity index (χ0v) is 9.76. The minimum atomic E-state index is 0.0463. The first-order chi connectivity index (χ1) is 7.14. The van der Waals surface area contributed by atoms with E-state index in [1.54, 1.807) is 13.8 Å². The van der Waals surface area contributed by atoms with E-state index < -0.39 is 0 Å². The van der Waals surface area contributed by atoms with Gasteiger partial charge in [0.1, 0.15) is 0 Å². The average molecular weight is 226 g/mol. The predicted molar refractivity (Wildman–Crippen MR) is 59.5 cm³/mol. The molecule has 0 amide bonds. The van der Waals surface area contributed by atoms with Gasteiger partial charge in [-0.15, -0.1) is 0 Å². The smallest absolute Gasteiger partial charge is 0.0478 e. The normalized spacial score (nSPS) is 8.80. The third kappa shape index (κ3) is 41.6. The van der Waals surface area contributed by atoms with Gasteiger partial charge in [0.05, 0.1) is 0 Å². The fourth-order valence-electron chi connectivity index (χ4n) is 0.281. The molecule has 15 heavy (non-hydrogen) atoms. The predicted octanol–water partition coefficient (Wildman–Crippen LogP) is -0.643. The van der Waals surface area contributed by atoms with Crippen LogP contribution in [0.15, 0.2) is 0 Å². The Balaban J connectivity index is -0.000000153. The van der Waals surface area contributed by atoms with E-state index in [0.717, 1.165) is 12.8 Å². The van der Waals surface area contributed by atoms with Gasteiger partial charge in [-0.25, -0.2) is 0 Å². The van der Waals surface area contributed by atoms with Crippen LogP contribution in [0, 0.1) is 5.92 Å². The van der Waals surface area contributed by atoms with Crippen LogP contribution in [-0.2, 0) is 0 Å². The van der Waals surface area contributed by atoms with Gasteiger partial charge in [0.2, 0.25) is 0 Å². The van der Waals surface area contributed by atoms with Gasteiger partial charge in [-0.05, 0) is 19.8 Å². The van der Waals surface area contributed by atoms with Crippen molar-refractivity contribution >= 4 is 0 Å². The molecule has 0 rings (SSSR count). The Kier molecular flexibility index (Phi) is 31.8. The van der Waals surface area contributed by atoms with E-state index in [1.807, 2.05) is 0 Å². The molecule has 5 heteroatoms. The summed E-state index contributed by atoms with van der Waals surface area (Å²) in [7, 11) is 0. The van der Waals surface area contributed by atoms with E-state index in [4.69, 9.17) is 25.5 Å². The van der Waals surface area contributed by atoms with Crippen LogP contribution in [0.3, 0.4) is 0 Å². The minimum absolute atomic E-state index is 0.0463. The summed E-state index contributed by atoms with van der Waals surface area (Å²) in [6.07, 6.45) is 1.44. The van der Waals surface area contributed by atoms with E-state index in [0.29, 0.717) is 0 Å². The summed E-state index contributed by atoms with van der Waals surface area (Å²) in [4.78, 5) is 0. The van der Waals surface area contributed by atoms with Crippen molar-refractivity contribution in [3.05, 3.63) is 0 Å². The molecule has 0 atom stereocenters. The number of aliphatic hydroxyl groups excluding tert-OH is 5. The van der Waals surface area contributed by atoms with E-state index in [9.17, 15) is 0 Å². The lowest BCUT2D eigenvalue weighted by Gasteiger charge is -1.97. The number of hydrogen-bond donors (Lipinski definition) is 5. The van der Waals surface area contributed by atoms with Gasteiger partial charge in [0.15, 0.2) is 0 Å². The minimum Gasteiger partial charge on any atom is -0.397 e. The molecule has 0 spiro atoms. The SMILES string of the molecule is CC(CO)CO.CCO.OCCCCO. The second kappa shape index (κ2) is 23.5. The summed E-state index contributed by atoms with van der Waals surface area (Å²) in [5, 5.41) is 40.1. The zero-order valence-electron chi connectivity index (χ0n) is 9.76. The Labute approximate surface area is 92.0 Å². The molecule has 5 N–H and O–H groups in total. The number of unbranched alkanes of at least 4 members (excludes halogenated alkanes) is 1. The molecular formula is C10H26O5.